The van der Waals surface area contributed by atoms with Crippen LogP contribution in [0.1, 0.15) is 53.9 Å². The summed E-state index contributed by atoms with van der Waals surface area (Å²) in [6, 6.07) is 11.4. The smallest absolute Gasteiger partial charge is 0.304 e. The molecular formula is C33H33FN2O5. The number of fused-ring (bicyclic) bond motifs is 1. The Bertz CT molecular complexity index is 1540. The first kappa shape index (κ1) is 28.1. The minimum atomic E-state index is -0.864. The molecule has 1 N–H and O–H groups in total. The lowest BCUT2D eigenvalue weighted by atomic mass is 9.89. The van der Waals surface area contributed by atoms with E-state index in [2.05, 4.69) is 42.8 Å². The maximum Gasteiger partial charge on any atom is 0.304 e. The van der Waals surface area contributed by atoms with Gasteiger partial charge in [-0.15, -0.1) is 0 Å². The number of allylic oxidation sites excluding steroid dienone is 3. The summed E-state index contributed by atoms with van der Waals surface area (Å²) in [6.45, 7) is 8.43. The van der Waals surface area contributed by atoms with Crippen LogP contribution in [-0.4, -0.2) is 41.1 Å². The molecule has 212 valence electrons. The van der Waals surface area contributed by atoms with E-state index in [0.717, 1.165) is 51.9 Å². The summed E-state index contributed by atoms with van der Waals surface area (Å²) in [5.74, 6) is 0.306. The highest BCUT2D eigenvalue weighted by atomic mass is 19.1. The van der Waals surface area contributed by atoms with E-state index in [0.29, 0.717) is 30.3 Å². The molecule has 0 radical (unpaired) electrons. The minimum absolute atomic E-state index is 0.00868. The van der Waals surface area contributed by atoms with Gasteiger partial charge in [-0.05, 0) is 79.6 Å². The Kier molecular flexibility index (Phi) is 8.19. The van der Waals surface area contributed by atoms with E-state index in [9.17, 15) is 4.79 Å². The number of carboxylic acid groups (broad SMARTS) is 1. The van der Waals surface area contributed by atoms with Gasteiger partial charge in [-0.25, -0.2) is 4.39 Å². The number of carboxylic acids is 1. The van der Waals surface area contributed by atoms with E-state index < -0.39 is 17.9 Å². The second-order valence-corrected chi connectivity index (χ2v) is 10.5. The molecule has 5 rings (SSSR count). The number of hydrogen-bond donors (Lipinski definition) is 1. The third-order valence-electron chi connectivity index (χ3n) is 7.62. The highest BCUT2D eigenvalue weighted by molar-refractivity contribution is 5.76. The number of aryl methyl sites for hydroxylation is 2. The maximum absolute atomic E-state index is 15.3. The molecule has 8 heteroatoms. The van der Waals surface area contributed by atoms with Gasteiger partial charge in [0.15, 0.2) is 0 Å². The van der Waals surface area contributed by atoms with Crippen LogP contribution in [0.4, 0.5) is 4.39 Å². The van der Waals surface area contributed by atoms with E-state index in [1.807, 2.05) is 18.2 Å². The molecule has 2 aromatic carbocycles. The lowest BCUT2D eigenvalue weighted by Gasteiger charge is -2.21. The Labute approximate surface area is 239 Å². The van der Waals surface area contributed by atoms with E-state index in [4.69, 9.17) is 19.3 Å². The molecule has 0 spiro atoms. The van der Waals surface area contributed by atoms with Crippen molar-refractivity contribution in [3.05, 3.63) is 95.0 Å². The topological polar surface area (TPSA) is 90.8 Å². The zero-order chi connectivity index (χ0) is 29.1. The van der Waals surface area contributed by atoms with Gasteiger partial charge in [0.25, 0.3) is 0 Å². The monoisotopic (exact) mass is 556 g/mol. The van der Waals surface area contributed by atoms with Crippen LogP contribution in [0.2, 0.25) is 0 Å². The first-order valence-corrected chi connectivity index (χ1v) is 13.6. The standard InChI is InChI=1S/C33H33FN2O5/c1-19-12-23(29-15-26(39-4)17-35-36-29)13-20(2)33(19)22-6-5-7-30(21(3)28(34)11-8-22)41-25-9-10-27-24(14-32(37)38)18-40-31(27)16-25/h8-13,15-17,24,30H,3,5-7,14,18H2,1-2,4H3,(H,37,38)/b22-8+,28-11+/t24-,30-/m1/s1. The quantitative estimate of drug-likeness (QED) is 0.331. The highest BCUT2D eigenvalue weighted by Crippen LogP contribution is 2.40. The van der Waals surface area contributed by atoms with Gasteiger partial charge in [0.05, 0.1) is 32.0 Å². The number of rotatable bonds is 7. The van der Waals surface area contributed by atoms with Crippen LogP contribution in [0.25, 0.3) is 16.8 Å². The summed E-state index contributed by atoms with van der Waals surface area (Å²) in [4.78, 5) is 11.2. The molecule has 0 saturated carbocycles. The van der Waals surface area contributed by atoms with Crippen LogP contribution in [0.15, 0.2) is 72.7 Å². The fourth-order valence-corrected chi connectivity index (χ4v) is 5.60. The summed E-state index contributed by atoms with van der Waals surface area (Å²) in [5, 5.41) is 17.4. The lowest BCUT2D eigenvalue weighted by Crippen LogP contribution is -2.19. The molecule has 0 amide bonds. The zero-order valence-electron chi connectivity index (χ0n) is 23.4. The molecule has 1 aromatic heterocycles. The van der Waals surface area contributed by atoms with Crippen LogP contribution in [0.3, 0.4) is 0 Å². The van der Waals surface area contributed by atoms with Crippen molar-refractivity contribution in [3.63, 3.8) is 0 Å². The Morgan fingerprint density at radius 3 is 2.66 bits per heavy atom. The molecule has 2 atom stereocenters. The normalized spacial score (nSPS) is 21.2. The van der Waals surface area contributed by atoms with Gasteiger partial charge in [0, 0.05) is 34.8 Å². The van der Waals surface area contributed by atoms with E-state index >= 15 is 4.39 Å². The average Bonchev–Trinajstić information content (AvgIpc) is 3.36. The van der Waals surface area contributed by atoms with Gasteiger partial charge >= 0.3 is 5.97 Å². The van der Waals surface area contributed by atoms with Crippen molar-refractivity contribution >= 4 is 11.5 Å². The molecule has 2 heterocycles. The number of methoxy groups -OCH3 is 1. The van der Waals surface area contributed by atoms with Crippen LogP contribution < -0.4 is 14.2 Å². The number of ether oxygens (including phenoxy) is 3. The molecule has 0 unspecified atom stereocenters. The number of halogens is 1. The largest absolute Gasteiger partial charge is 0.495 e. The number of aromatic nitrogens is 2. The van der Waals surface area contributed by atoms with Crippen LogP contribution >= 0.6 is 0 Å². The fourth-order valence-electron chi connectivity index (χ4n) is 5.60. The molecule has 0 fully saturated rings. The predicted molar refractivity (Wildman–Crippen MR) is 155 cm³/mol. The molecule has 1 aliphatic heterocycles. The van der Waals surface area contributed by atoms with Gasteiger partial charge in [0.1, 0.15) is 29.2 Å². The number of aliphatic carboxylic acids is 1. The second kappa shape index (κ2) is 12.0. The summed E-state index contributed by atoms with van der Waals surface area (Å²) in [7, 11) is 1.60. The van der Waals surface area contributed by atoms with Crippen LogP contribution in [-0.2, 0) is 4.79 Å². The SMILES string of the molecule is C=C1/C(F)=C\C=C(\c2c(C)cc(-c3cc(OC)cnn3)cc2C)CCC[C@H]1Oc1ccc2c(c1)OC[C@H]2CC(=O)O. The molecule has 0 bridgehead atoms. The molecule has 3 aromatic rings. The summed E-state index contributed by atoms with van der Waals surface area (Å²) < 4.78 is 32.6. The third-order valence-corrected chi connectivity index (χ3v) is 7.62. The Morgan fingerprint density at radius 2 is 1.93 bits per heavy atom. The van der Waals surface area contributed by atoms with E-state index in [1.54, 1.807) is 25.4 Å². The van der Waals surface area contributed by atoms with Crippen molar-refractivity contribution in [2.75, 3.05) is 13.7 Å². The van der Waals surface area contributed by atoms with E-state index in [-0.39, 0.29) is 17.9 Å². The van der Waals surface area contributed by atoms with Crippen LogP contribution in [0.5, 0.6) is 17.2 Å². The molecule has 0 saturated heterocycles. The number of carbonyl (C=O) groups is 1. The van der Waals surface area contributed by atoms with Crippen molar-refractivity contribution in [1.82, 2.24) is 10.2 Å². The first-order chi connectivity index (χ1) is 19.7. The highest BCUT2D eigenvalue weighted by Gasteiger charge is 2.28. The number of benzene rings is 2. The summed E-state index contributed by atoms with van der Waals surface area (Å²) >= 11 is 0. The van der Waals surface area contributed by atoms with Crippen molar-refractivity contribution in [2.45, 2.75) is 51.6 Å². The number of hydrogen-bond acceptors (Lipinski definition) is 6. The zero-order valence-corrected chi connectivity index (χ0v) is 23.4. The van der Waals surface area contributed by atoms with Gasteiger partial charge in [-0.1, -0.05) is 18.7 Å². The predicted octanol–water partition coefficient (Wildman–Crippen LogP) is 7.14. The third kappa shape index (κ3) is 6.16. The van der Waals surface area contributed by atoms with Crippen molar-refractivity contribution in [3.8, 4) is 28.5 Å². The Morgan fingerprint density at radius 1 is 1.15 bits per heavy atom. The maximum atomic E-state index is 15.3. The number of nitrogens with zero attached hydrogens (tertiary/aromatic N) is 2. The van der Waals surface area contributed by atoms with Crippen LogP contribution in [0, 0.1) is 13.8 Å². The molecule has 1 aliphatic carbocycles. The van der Waals surface area contributed by atoms with Crippen molar-refractivity contribution in [1.29, 1.82) is 0 Å². The molecule has 41 heavy (non-hydrogen) atoms. The van der Waals surface area contributed by atoms with Crippen molar-refractivity contribution in [2.24, 2.45) is 0 Å². The molecular weight excluding hydrogens is 523 g/mol. The van der Waals surface area contributed by atoms with Gasteiger partial charge in [0.2, 0.25) is 0 Å². The summed E-state index contributed by atoms with van der Waals surface area (Å²) in [5.41, 5.74) is 7.06. The van der Waals surface area contributed by atoms with E-state index in [1.165, 1.54) is 6.08 Å². The van der Waals surface area contributed by atoms with Gasteiger partial charge in [-0.3, -0.25) is 4.79 Å². The average molecular weight is 557 g/mol. The fraction of sp³-hybridized carbons (Fsp3) is 0.303. The first-order valence-electron chi connectivity index (χ1n) is 13.6. The Balaban J connectivity index is 1.33. The summed E-state index contributed by atoms with van der Waals surface area (Å²) in [6.07, 6.45) is 6.42. The van der Waals surface area contributed by atoms with Gasteiger partial charge in [-0.2, -0.15) is 10.2 Å². The van der Waals surface area contributed by atoms with Crippen molar-refractivity contribution < 1.29 is 28.5 Å². The second-order valence-electron chi connectivity index (χ2n) is 10.5. The lowest BCUT2D eigenvalue weighted by molar-refractivity contribution is -0.137. The van der Waals surface area contributed by atoms with Gasteiger partial charge < -0.3 is 19.3 Å². The minimum Gasteiger partial charge on any atom is -0.495 e. The molecule has 2 aliphatic rings. The molecule has 7 nitrogen and oxygen atoms in total. The Hall–Kier alpha value is -4.46.